The smallest absolute Gasteiger partial charge is 0.242 e. The van der Waals surface area contributed by atoms with Crippen molar-refractivity contribution in [2.75, 3.05) is 18.6 Å². The van der Waals surface area contributed by atoms with Gasteiger partial charge in [-0.15, -0.1) is 11.3 Å². The predicted octanol–water partition coefficient (Wildman–Crippen LogP) is 2.79. The number of thioether (sulfide) groups is 1. The summed E-state index contributed by atoms with van der Waals surface area (Å²) < 4.78 is 27.8. The first-order valence-corrected chi connectivity index (χ1v) is 11.0. The average Bonchev–Trinajstić information content (AvgIpc) is 3.15. The summed E-state index contributed by atoms with van der Waals surface area (Å²) in [6.07, 6.45) is 5.32. The molecule has 1 aromatic rings. The highest BCUT2D eigenvalue weighted by Crippen LogP contribution is 2.32. The first kappa shape index (κ1) is 16.8. The van der Waals surface area contributed by atoms with E-state index in [2.05, 4.69) is 26.0 Å². The molecule has 2 rings (SSSR count). The Morgan fingerprint density at radius 1 is 1.50 bits per heavy atom. The van der Waals surface area contributed by atoms with E-state index in [1.165, 1.54) is 24.2 Å². The Labute approximate surface area is 137 Å². The van der Waals surface area contributed by atoms with E-state index in [-0.39, 0.29) is 0 Å². The molecule has 2 N–H and O–H groups in total. The minimum Gasteiger partial charge on any atom is -0.309 e. The van der Waals surface area contributed by atoms with Gasteiger partial charge in [0.1, 0.15) is 4.90 Å². The van der Waals surface area contributed by atoms with Gasteiger partial charge in [0.15, 0.2) is 0 Å². The molecule has 0 bridgehead atoms. The molecule has 1 aliphatic carbocycles. The van der Waals surface area contributed by atoms with Crippen molar-refractivity contribution in [1.29, 1.82) is 0 Å². The Morgan fingerprint density at radius 2 is 2.25 bits per heavy atom. The van der Waals surface area contributed by atoms with E-state index in [1.54, 1.807) is 17.8 Å². The standard InChI is InChI=1S/C12H19BrN2O2S3/c1-18-6-2-5-15-20(16,17)11-7-10(19-12(11)13)8-14-9-3-4-9/h7,9,14-15H,2-6,8H2,1H3. The number of hydrogen-bond donors (Lipinski definition) is 2. The van der Waals surface area contributed by atoms with Gasteiger partial charge in [0.25, 0.3) is 0 Å². The summed E-state index contributed by atoms with van der Waals surface area (Å²) in [4.78, 5) is 1.41. The summed E-state index contributed by atoms with van der Waals surface area (Å²) in [5.41, 5.74) is 0. The van der Waals surface area contributed by atoms with Gasteiger partial charge in [-0.1, -0.05) is 0 Å². The minimum atomic E-state index is -3.40. The lowest BCUT2D eigenvalue weighted by molar-refractivity contribution is 0.581. The minimum absolute atomic E-state index is 0.360. The number of hydrogen-bond acceptors (Lipinski definition) is 5. The summed E-state index contributed by atoms with van der Waals surface area (Å²) in [7, 11) is -3.40. The zero-order chi connectivity index (χ0) is 14.6. The van der Waals surface area contributed by atoms with E-state index in [1.807, 2.05) is 6.26 Å². The van der Waals surface area contributed by atoms with Crippen LogP contribution in [-0.2, 0) is 16.6 Å². The highest BCUT2D eigenvalue weighted by molar-refractivity contribution is 9.11. The van der Waals surface area contributed by atoms with Crippen LogP contribution in [0.4, 0.5) is 0 Å². The van der Waals surface area contributed by atoms with E-state index in [0.29, 0.717) is 21.3 Å². The third-order valence-electron chi connectivity index (χ3n) is 2.96. The van der Waals surface area contributed by atoms with Crippen LogP contribution in [0.25, 0.3) is 0 Å². The van der Waals surface area contributed by atoms with Gasteiger partial charge in [-0.25, -0.2) is 13.1 Å². The molecule has 1 aliphatic rings. The molecule has 0 aliphatic heterocycles. The summed E-state index contributed by atoms with van der Waals surface area (Å²) >= 11 is 6.57. The van der Waals surface area contributed by atoms with Crippen LogP contribution in [-0.4, -0.2) is 33.0 Å². The second-order valence-corrected chi connectivity index (χ2v) is 9.93. The largest absolute Gasteiger partial charge is 0.309 e. The molecule has 0 saturated heterocycles. The van der Waals surface area contributed by atoms with Gasteiger partial charge in [0.2, 0.25) is 10.0 Å². The zero-order valence-corrected chi connectivity index (χ0v) is 15.4. The molecule has 0 amide bonds. The van der Waals surface area contributed by atoms with E-state index in [9.17, 15) is 8.42 Å². The molecule has 1 aromatic heterocycles. The molecule has 1 heterocycles. The molecular formula is C12H19BrN2O2S3. The Hall–Kier alpha value is 0.400. The average molecular weight is 399 g/mol. The van der Waals surface area contributed by atoms with Crippen molar-refractivity contribution in [3.8, 4) is 0 Å². The van der Waals surface area contributed by atoms with E-state index >= 15 is 0 Å². The normalized spacial score (nSPS) is 15.7. The molecular weight excluding hydrogens is 380 g/mol. The van der Waals surface area contributed by atoms with Gasteiger partial charge in [0.05, 0.1) is 3.79 Å². The molecule has 0 radical (unpaired) electrons. The molecule has 0 aromatic carbocycles. The lowest BCUT2D eigenvalue weighted by Crippen LogP contribution is -2.25. The lowest BCUT2D eigenvalue weighted by Gasteiger charge is -2.04. The fourth-order valence-corrected chi connectivity index (χ4v) is 5.84. The molecule has 0 atom stereocenters. The fourth-order valence-electron chi connectivity index (χ4n) is 1.70. The van der Waals surface area contributed by atoms with Crippen LogP contribution in [0, 0.1) is 0 Å². The first-order chi connectivity index (χ1) is 9.53. The fraction of sp³-hybridized carbons (Fsp3) is 0.667. The second-order valence-electron chi connectivity index (χ2n) is 4.75. The zero-order valence-electron chi connectivity index (χ0n) is 11.3. The van der Waals surface area contributed by atoms with Crippen molar-refractivity contribution in [3.05, 3.63) is 14.7 Å². The number of sulfonamides is 1. The van der Waals surface area contributed by atoms with Crippen molar-refractivity contribution in [1.82, 2.24) is 10.0 Å². The molecule has 1 fully saturated rings. The van der Waals surface area contributed by atoms with Crippen molar-refractivity contribution in [2.45, 2.75) is 36.7 Å². The van der Waals surface area contributed by atoms with Crippen molar-refractivity contribution < 1.29 is 8.42 Å². The van der Waals surface area contributed by atoms with Gasteiger partial charge in [-0.3, -0.25) is 0 Å². The summed E-state index contributed by atoms with van der Waals surface area (Å²) in [5.74, 6) is 0.962. The van der Waals surface area contributed by atoms with Crippen molar-refractivity contribution in [2.24, 2.45) is 0 Å². The van der Waals surface area contributed by atoms with E-state index in [4.69, 9.17) is 0 Å². The highest BCUT2D eigenvalue weighted by Gasteiger charge is 2.23. The lowest BCUT2D eigenvalue weighted by atomic mass is 10.4. The molecule has 20 heavy (non-hydrogen) atoms. The SMILES string of the molecule is CSCCCNS(=O)(=O)c1cc(CNC2CC2)sc1Br. The van der Waals surface area contributed by atoms with Gasteiger partial charge in [-0.05, 0) is 53.3 Å². The number of rotatable bonds is 9. The molecule has 4 nitrogen and oxygen atoms in total. The summed E-state index contributed by atoms with van der Waals surface area (Å²) in [6, 6.07) is 2.39. The van der Waals surface area contributed by atoms with Crippen LogP contribution in [0.1, 0.15) is 24.1 Å². The second kappa shape index (κ2) is 7.60. The Morgan fingerprint density at radius 3 is 2.90 bits per heavy atom. The topological polar surface area (TPSA) is 58.2 Å². The molecule has 1 saturated carbocycles. The van der Waals surface area contributed by atoms with Gasteiger partial charge < -0.3 is 5.32 Å². The quantitative estimate of drug-likeness (QED) is 0.627. The third-order valence-corrected chi connectivity index (χ3v) is 7.37. The van der Waals surface area contributed by atoms with Crippen molar-refractivity contribution in [3.63, 3.8) is 0 Å². The highest BCUT2D eigenvalue weighted by atomic mass is 79.9. The predicted molar refractivity (Wildman–Crippen MR) is 90.1 cm³/mol. The van der Waals surface area contributed by atoms with Gasteiger partial charge >= 0.3 is 0 Å². The van der Waals surface area contributed by atoms with Crippen LogP contribution >= 0.6 is 39.0 Å². The number of thiophene rings is 1. The Kier molecular flexibility index (Phi) is 6.37. The Balaban J connectivity index is 1.94. The van der Waals surface area contributed by atoms with Crippen LogP contribution < -0.4 is 10.0 Å². The van der Waals surface area contributed by atoms with Crippen LogP contribution in [0.2, 0.25) is 0 Å². The molecule has 0 unspecified atom stereocenters. The number of nitrogens with one attached hydrogen (secondary N) is 2. The molecule has 8 heteroatoms. The first-order valence-electron chi connectivity index (χ1n) is 6.53. The van der Waals surface area contributed by atoms with Gasteiger partial charge in [0, 0.05) is 24.0 Å². The van der Waals surface area contributed by atoms with Crippen LogP contribution in [0.3, 0.4) is 0 Å². The molecule has 114 valence electrons. The van der Waals surface area contributed by atoms with E-state index < -0.39 is 10.0 Å². The Bertz CT molecular complexity index is 541. The monoisotopic (exact) mass is 398 g/mol. The van der Waals surface area contributed by atoms with E-state index in [0.717, 1.165) is 23.6 Å². The molecule has 0 spiro atoms. The number of halogens is 1. The van der Waals surface area contributed by atoms with Gasteiger partial charge in [-0.2, -0.15) is 11.8 Å². The maximum absolute atomic E-state index is 12.2. The maximum atomic E-state index is 12.2. The van der Waals surface area contributed by atoms with Crippen molar-refractivity contribution >= 4 is 49.1 Å². The maximum Gasteiger partial charge on any atom is 0.242 e. The summed E-state index contributed by atoms with van der Waals surface area (Å²) in [6.45, 7) is 1.23. The van der Waals surface area contributed by atoms with Crippen LogP contribution in [0.5, 0.6) is 0 Å². The van der Waals surface area contributed by atoms with Crippen LogP contribution in [0.15, 0.2) is 14.7 Å². The summed E-state index contributed by atoms with van der Waals surface area (Å²) in [5, 5.41) is 3.40. The third kappa shape index (κ3) is 4.99.